The van der Waals surface area contributed by atoms with Crippen molar-refractivity contribution in [2.24, 2.45) is 24.6 Å². The minimum atomic E-state index is -0.129. The maximum absolute atomic E-state index is 11.9. The Labute approximate surface area is 84.1 Å². The predicted octanol–water partition coefficient (Wildman–Crippen LogP) is 0.834. The molecule has 1 atom stereocenters. The lowest BCUT2D eigenvalue weighted by Gasteiger charge is -2.16. The zero-order chi connectivity index (χ0) is 10.7. The lowest BCUT2D eigenvalue weighted by molar-refractivity contribution is 0.0878. The van der Waals surface area contributed by atoms with Gasteiger partial charge in [-0.1, -0.05) is 13.8 Å². The van der Waals surface area contributed by atoms with Crippen molar-refractivity contribution in [1.82, 2.24) is 9.55 Å². The Balaban J connectivity index is 2.89. The van der Waals surface area contributed by atoms with Gasteiger partial charge < -0.3 is 10.3 Å². The molecule has 1 heterocycles. The van der Waals surface area contributed by atoms with Gasteiger partial charge in [0.05, 0.1) is 0 Å². The van der Waals surface area contributed by atoms with Crippen LogP contribution < -0.4 is 5.73 Å². The molecule has 4 nitrogen and oxygen atoms in total. The molecule has 0 aliphatic carbocycles. The summed E-state index contributed by atoms with van der Waals surface area (Å²) in [5.41, 5.74) is 5.57. The van der Waals surface area contributed by atoms with E-state index in [0.29, 0.717) is 12.4 Å². The van der Waals surface area contributed by atoms with E-state index in [1.165, 1.54) is 0 Å². The number of imidazole rings is 1. The monoisotopic (exact) mass is 195 g/mol. The Morgan fingerprint density at radius 2 is 2.29 bits per heavy atom. The number of hydrogen-bond acceptors (Lipinski definition) is 3. The van der Waals surface area contributed by atoms with E-state index in [1.807, 2.05) is 20.9 Å². The SMILES string of the molecule is CC(C)C(CN)C(=O)c1nccn1C. The molecule has 1 aromatic rings. The second-order valence-electron chi connectivity index (χ2n) is 3.81. The predicted molar refractivity (Wildman–Crippen MR) is 54.9 cm³/mol. The van der Waals surface area contributed by atoms with Crippen molar-refractivity contribution in [3.63, 3.8) is 0 Å². The summed E-state index contributed by atoms with van der Waals surface area (Å²) in [6.45, 7) is 4.38. The van der Waals surface area contributed by atoms with Crippen LogP contribution in [0.4, 0.5) is 0 Å². The highest BCUT2D eigenvalue weighted by molar-refractivity contribution is 5.95. The van der Waals surface area contributed by atoms with E-state index in [4.69, 9.17) is 5.73 Å². The first-order valence-corrected chi connectivity index (χ1v) is 4.79. The zero-order valence-corrected chi connectivity index (χ0v) is 8.90. The van der Waals surface area contributed by atoms with E-state index in [9.17, 15) is 4.79 Å². The van der Waals surface area contributed by atoms with Crippen LogP contribution in [0.15, 0.2) is 12.4 Å². The molecular formula is C10H17N3O. The van der Waals surface area contributed by atoms with Gasteiger partial charge in [-0.05, 0) is 5.92 Å². The van der Waals surface area contributed by atoms with Gasteiger partial charge in [-0.2, -0.15) is 0 Å². The number of ketones is 1. The van der Waals surface area contributed by atoms with Gasteiger partial charge in [0.25, 0.3) is 0 Å². The highest BCUT2D eigenvalue weighted by atomic mass is 16.1. The van der Waals surface area contributed by atoms with Gasteiger partial charge in [0.15, 0.2) is 5.82 Å². The lowest BCUT2D eigenvalue weighted by atomic mass is 9.91. The Hall–Kier alpha value is -1.16. The molecular weight excluding hydrogens is 178 g/mol. The molecule has 0 bridgehead atoms. The number of carbonyl (C=O) groups excluding carboxylic acids is 1. The maximum atomic E-state index is 11.9. The third-order valence-electron chi connectivity index (χ3n) is 2.44. The summed E-state index contributed by atoms with van der Waals surface area (Å²) in [4.78, 5) is 16.0. The van der Waals surface area contributed by atoms with Gasteiger partial charge in [0, 0.05) is 31.9 Å². The second kappa shape index (κ2) is 4.37. The Morgan fingerprint density at radius 3 is 2.64 bits per heavy atom. The Morgan fingerprint density at radius 1 is 1.64 bits per heavy atom. The first kappa shape index (κ1) is 10.9. The summed E-state index contributed by atoms with van der Waals surface area (Å²) in [6, 6.07) is 0. The van der Waals surface area contributed by atoms with Crippen molar-refractivity contribution in [3.05, 3.63) is 18.2 Å². The fraction of sp³-hybridized carbons (Fsp3) is 0.600. The van der Waals surface area contributed by atoms with E-state index >= 15 is 0 Å². The number of Topliss-reactive ketones (excluding diaryl/α,β-unsaturated/α-hetero) is 1. The number of carbonyl (C=O) groups is 1. The van der Waals surface area contributed by atoms with Crippen molar-refractivity contribution < 1.29 is 4.79 Å². The first-order valence-electron chi connectivity index (χ1n) is 4.79. The number of rotatable bonds is 4. The average Bonchev–Trinajstić information content (AvgIpc) is 2.51. The summed E-state index contributed by atoms with van der Waals surface area (Å²) in [5.74, 6) is 0.657. The number of aryl methyl sites for hydroxylation is 1. The van der Waals surface area contributed by atoms with E-state index in [-0.39, 0.29) is 17.6 Å². The quantitative estimate of drug-likeness (QED) is 0.724. The molecule has 78 valence electrons. The van der Waals surface area contributed by atoms with Crippen LogP contribution in [-0.2, 0) is 7.05 Å². The molecule has 0 saturated carbocycles. The van der Waals surface area contributed by atoms with Gasteiger partial charge >= 0.3 is 0 Å². The summed E-state index contributed by atoms with van der Waals surface area (Å²) >= 11 is 0. The number of nitrogens with two attached hydrogens (primary N) is 1. The molecule has 2 N–H and O–H groups in total. The zero-order valence-electron chi connectivity index (χ0n) is 8.90. The highest BCUT2D eigenvalue weighted by Crippen LogP contribution is 2.14. The lowest BCUT2D eigenvalue weighted by Crippen LogP contribution is -2.30. The molecule has 0 aliphatic heterocycles. The summed E-state index contributed by atoms with van der Waals surface area (Å²) in [6.07, 6.45) is 3.39. The fourth-order valence-corrected chi connectivity index (χ4v) is 1.45. The third kappa shape index (κ3) is 2.01. The Kier molecular flexibility index (Phi) is 3.41. The van der Waals surface area contributed by atoms with Crippen LogP contribution in [0.2, 0.25) is 0 Å². The molecule has 1 rings (SSSR count). The smallest absolute Gasteiger partial charge is 0.202 e. The van der Waals surface area contributed by atoms with Gasteiger partial charge in [0.2, 0.25) is 5.78 Å². The van der Waals surface area contributed by atoms with Crippen LogP contribution in [0.5, 0.6) is 0 Å². The molecule has 0 saturated heterocycles. The number of nitrogens with zero attached hydrogens (tertiary/aromatic N) is 2. The molecule has 0 fully saturated rings. The molecule has 1 aromatic heterocycles. The minimum absolute atomic E-state index is 0.0370. The third-order valence-corrected chi connectivity index (χ3v) is 2.44. The van der Waals surface area contributed by atoms with Gasteiger partial charge in [-0.3, -0.25) is 4.79 Å². The van der Waals surface area contributed by atoms with Crippen molar-refractivity contribution >= 4 is 5.78 Å². The molecule has 14 heavy (non-hydrogen) atoms. The standard InChI is InChI=1S/C10H17N3O/c1-7(2)8(6-11)9(14)10-12-4-5-13(10)3/h4-5,7-8H,6,11H2,1-3H3. The molecule has 1 unspecified atom stereocenters. The summed E-state index contributed by atoms with van der Waals surface area (Å²) in [5, 5.41) is 0. The van der Waals surface area contributed by atoms with Gasteiger partial charge in [-0.15, -0.1) is 0 Å². The molecule has 0 spiro atoms. The van der Waals surface area contributed by atoms with Crippen molar-refractivity contribution in [1.29, 1.82) is 0 Å². The van der Waals surface area contributed by atoms with Crippen LogP contribution in [0.1, 0.15) is 24.5 Å². The molecule has 0 amide bonds. The van der Waals surface area contributed by atoms with Crippen molar-refractivity contribution in [2.45, 2.75) is 13.8 Å². The Bertz CT molecular complexity index is 317. The highest BCUT2D eigenvalue weighted by Gasteiger charge is 2.24. The summed E-state index contributed by atoms with van der Waals surface area (Å²) in [7, 11) is 1.81. The van der Waals surface area contributed by atoms with Gasteiger partial charge in [-0.25, -0.2) is 4.98 Å². The molecule has 0 aliphatic rings. The minimum Gasteiger partial charge on any atom is -0.332 e. The van der Waals surface area contributed by atoms with E-state index in [0.717, 1.165) is 0 Å². The number of hydrogen-bond donors (Lipinski definition) is 1. The second-order valence-corrected chi connectivity index (χ2v) is 3.81. The van der Waals surface area contributed by atoms with Crippen molar-refractivity contribution in [2.75, 3.05) is 6.54 Å². The van der Waals surface area contributed by atoms with Crippen LogP contribution >= 0.6 is 0 Å². The first-order chi connectivity index (χ1) is 6.57. The summed E-state index contributed by atoms with van der Waals surface area (Å²) < 4.78 is 1.73. The molecule has 4 heteroatoms. The van der Waals surface area contributed by atoms with Gasteiger partial charge in [0.1, 0.15) is 0 Å². The van der Waals surface area contributed by atoms with Crippen molar-refractivity contribution in [3.8, 4) is 0 Å². The van der Waals surface area contributed by atoms with E-state index < -0.39 is 0 Å². The fourth-order valence-electron chi connectivity index (χ4n) is 1.45. The largest absolute Gasteiger partial charge is 0.332 e. The van der Waals surface area contributed by atoms with E-state index in [1.54, 1.807) is 17.0 Å². The van der Waals surface area contributed by atoms with Crippen LogP contribution in [0.3, 0.4) is 0 Å². The van der Waals surface area contributed by atoms with Crippen LogP contribution in [0, 0.1) is 11.8 Å². The number of aromatic nitrogens is 2. The topological polar surface area (TPSA) is 60.9 Å². The van der Waals surface area contributed by atoms with Crippen LogP contribution in [-0.4, -0.2) is 21.9 Å². The molecule has 0 aromatic carbocycles. The van der Waals surface area contributed by atoms with E-state index in [2.05, 4.69) is 4.98 Å². The normalized spacial score (nSPS) is 13.2. The van der Waals surface area contributed by atoms with Crippen LogP contribution in [0.25, 0.3) is 0 Å². The average molecular weight is 195 g/mol. The maximum Gasteiger partial charge on any atom is 0.202 e. The molecule has 0 radical (unpaired) electrons.